The number of alkyl halides is 2. The Bertz CT molecular complexity index is 789. The van der Waals surface area contributed by atoms with Gasteiger partial charge in [0.25, 0.3) is 0 Å². The Morgan fingerprint density at radius 3 is 2.27 bits per heavy atom. The predicted molar refractivity (Wildman–Crippen MR) is 124 cm³/mol. The summed E-state index contributed by atoms with van der Waals surface area (Å²) in [6.07, 6.45) is 6.73. The van der Waals surface area contributed by atoms with E-state index in [0.717, 1.165) is 44.9 Å². The van der Waals surface area contributed by atoms with Crippen LogP contribution in [0.4, 0.5) is 0 Å². The summed E-state index contributed by atoms with van der Waals surface area (Å²) in [4.78, 5) is 36.8. The lowest BCUT2D eigenvalue weighted by Gasteiger charge is -2.62. The maximum Gasteiger partial charge on any atom is 0.321 e. The van der Waals surface area contributed by atoms with Crippen LogP contribution in [0.1, 0.15) is 65.2 Å². The highest BCUT2D eigenvalue weighted by atomic mass is 35.5. The minimum atomic E-state index is -0.398. The normalized spacial score (nSPS) is 44.1. The van der Waals surface area contributed by atoms with Gasteiger partial charge in [0.1, 0.15) is 24.0 Å². The van der Waals surface area contributed by atoms with E-state index in [1.54, 1.807) is 0 Å². The number of hydrogen-bond donors (Lipinski definition) is 0. The number of ether oxygens (including phenoxy) is 3. The molecule has 6 nitrogen and oxygen atoms in total. The highest BCUT2D eigenvalue weighted by Crippen LogP contribution is 2.68. The number of methoxy groups -OCH3 is 1. The molecule has 4 aliphatic carbocycles. The third-order valence-corrected chi connectivity index (χ3v) is 10.2. The lowest BCUT2D eigenvalue weighted by atomic mass is 9.44. The summed E-state index contributed by atoms with van der Waals surface area (Å²) in [6, 6.07) is 0. The minimum Gasteiger partial charge on any atom is -0.469 e. The summed E-state index contributed by atoms with van der Waals surface area (Å²) >= 11 is 11.5. The second kappa shape index (κ2) is 9.56. The molecule has 186 valence electrons. The summed E-state index contributed by atoms with van der Waals surface area (Å²) in [5.74, 6) is 0.0158. The molecule has 0 aromatic heterocycles. The molecule has 0 bridgehead atoms. The van der Waals surface area contributed by atoms with E-state index in [4.69, 9.17) is 37.4 Å². The van der Waals surface area contributed by atoms with Crippen LogP contribution in [0.15, 0.2) is 0 Å². The van der Waals surface area contributed by atoms with E-state index >= 15 is 0 Å². The van der Waals surface area contributed by atoms with Crippen molar-refractivity contribution in [2.24, 2.45) is 40.4 Å². The fourth-order valence-electron chi connectivity index (χ4n) is 8.47. The van der Waals surface area contributed by atoms with Gasteiger partial charge in [0.2, 0.25) is 0 Å². The highest BCUT2D eigenvalue weighted by Gasteiger charge is 2.65. The fourth-order valence-corrected chi connectivity index (χ4v) is 8.60. The van der Waals surface area contributed by atoms with E-state index in [1.807, 2.05) is 0 Å². The molecule has 0 aromatic rings. The smallest absolute Gasteiger partial charge is 0.321 e. The van der Waals surface area contributed by atoms with E-state index < -0.39 is 5.97 Å². The van der Waals surface area contributed by atoms with E-state index in [2.05, 4.69) is 13.8 Å². The number of esters is 3. The van der Waals surface area contributed by atoms with Crippen molar-refractivity contribution in [2.45, 2.75) is 77.4 Å². The lowest BCUT2D eigenvalue weighted by molar-refractivity contribution is -0.201. The standard InChI is InChI=1S/C25H36Cl2O6/c1-24-9-8-15(32-20(28)12-26)10-14(24)4-5-16-17-6-7-18(23(30)31-3)25(17,2)11-19(22(16)24)33-21(29)13-27/h14-19,22H,4-13H2,1-3H3/t14-,15+,16-,17-,18+,19-,22+,24-,25-/m0/s1. The van der Waals surface area contributed by atoms with Crippen LogP contribution in [0.5, 0.6) is 0 Å². The van der Waals surface area contributed by atoms with Gasteiger partial charge in [-0.1, -0.05) is 13.8 Å². The fraction of sp³-hybridized carbons (Fsp3) is 0.880. The first-order chi connectivity index (χ1) is 15.7. The van der Waals surface area contributed by atoms with Crippen molar-refractivity contribution in [2.75, 3.05) is 18.9 Å². The third kappa shape index (κ3) is 4.28. The molecule has 4 aliphatic rings. The minimum absolute atomic E-state index is 0.0191. The zero-order valence-corrected chi connectivity index (χ0v) is 21.3. The number of carbonyl (C=O) groups excluding carboxylic acids is 3. The number of fused-ring (bicyclic) bond motifs is 5. The van der Waals surface area contributed by atoms with Crippen molar-refractivity contribution in [3.8, 4) is 0 Å². The SMILES string of the molecule is COC(=O)[C@H]1CC[C@H]2[C@@H]3CC[C@H]4C[C@H](OC(=O)CCl)CC[C@]4(C)[C@H]3[C@@H](OC(=O)CCl)C[C@]12C. The first kappa shape index (κ1) is 25.1. The van der Waals surface area contributed by atoms with Crippen molar-refractivity contribution in [3.63, 3.8) is 0 Å². The Balaban J connectivity index is 1.64. The third-order valence-electron chi connectivity index (χ3n) is 9.81. The van der Waals surface area contributed by atoms with Crippen LogP contribution in [-0.2, 0) is 28.6 Å². The zero-order chi connectivity index (χ0) is 24.0. The molecule has 0 heterocycles. The van der Waals surface area contributed by atoms with Gasteiger partial charge in [0.05, 0.1) is 13.0 Å². The molecule has 0 spiro atoms. The second-order valence-corrected chi connectivity index (χ2v) is 11.7. The quantitative estimate of drug-likeness (QED) is 0.307. The molecule has 0 N–H and O–H groups in total. The van der Waals surface area contributed by atoms with Gasteiger partial charge in [0, 0.05) is 5.92 Å². The molecule has 4 rings (SSSR count). The summed E-state index contributed by atoms with van der Waals surface area (Å²) in [5, 5.41) is 0. The number of rotatable bonds is 5. The highest BCUT2D eigenvalue weighted by molar-refractivity contribution is 6.26. The van der Waals surface area contributed by atoms with Gasteiger partial charge in [0.15, 0.2) is 0 Å². The summed E-state index contributed by atoms with van der Waals surface area (Å²) in [6.45, 7) is 4.53. The Morgan fingerprint density at radius 1 is 0.909 bits per heavy atom. The first-order valence-electron chi connectivity index (χ1n) is 12.3. The van der Waals surface area contributed by atoms with E-state index in [1.165, 1.54) is 7.11 Å². The van der Waals surface area contributed by atoms with Crippen LogP contribution < -0.4 is 0 Å². The Kier molecular flexibility index (Phi) is 7.27. The Morgan fingerprint density at radius 2 is 1.61 bits per heavy atom. The average Bonchev–Trinajstić information content (AvgIpc) is 3.14. The molecular weight excluding hydrogens is 467 g/mol. The largest absolute Gasteiger partial charge is 0.469 e. The molecule has 0 unspecified atom stereocenters. The van der Waals surface area contributed by atoms with E-state index in [0.29, 0.717) is 24.2 Å². The molecule has 4 fully saturated rings. The van der Waals surface area contributed by atoms with Gasteiger partial charge in [-0.3, -0.25) is 14.4 Å². The Hall–Kier alpha value is -1.01. The maximum absolute atomic E-state index is 12.7. The van der Waals surface area contributed by atoms with Crippen LogP contribution in [0, 0.1) is 40.4 Å². The van der Waals surface area contributed by atoms with Gasteiger partial charge < -0.3 is 14.2 Å². The summed E-state index contributed by atoms with van der Waals surface area (Å²) in [7, 11) is 1.46. The van der Waals surface area contributed by atoms with Gasteiger partial charge in [-0.2, -0.15) is 0 Å². The Labute approximate surface area is 206 Å². The van der Waals surface area contributed by atoms with Crippen LogP contribution >= 0.6 is 23.2 Å². The van der Waals surface area contributed by atoms with Gasteiger partial charge >= 0.3 is 17.9 Å². The van der Waals surface area contributed by atoms with Gasteiger partial charge in [-0.25, -0.2) is 0 Å². The molecule has 0 aliphatic heterocycles. The molecule has 0 amide bonds. The average molecular weight is 503 g/mol. The number of halogens is 2. The van der Waals surface area contributed by atoms with Crippen LogP contribution in [0.3, 0.4) is 0 Å². The van der Waals surface area contributed by atoms with Crippen molar-refractivity contribution in [1.29, 1.82) is 0 Å². The van der Waals surface area contributed by atoms with Crippen molar-refractivity contribution < 1.29 is 28.6 Å². The molecule has 0 aromatic carbocycles. The molecule has 9 atom stereocenters. The molecule has 8 heteroatoms. The van der Waals surface area contributed by atoms with E-state index in [-0.39, 0.29) is 58.6 Å². The van der Waals surface area contributed by atoms with Crippen molar-refractivity contribution in [3.05, 3.63) is 0 Å². The molecular formula is C25H36Cl2O6. The van der Waals surface area contributed by atoms with Crippen LogP contribution in [-0.4, -0.2) is 49.0 Å². The van der Waals surface area contributed by atoms with Gasteiger partial charge in [-0.05, 0) is 80.0 Å². The van der Waals surface area contributed by atoms with Crippen LogP contribution in [0.25, 0.3) is 0 Å². The van der Waals surface area contributed by atoms with Crippen molar-refractivity contribution in [1.82, 2.24) is 0 Å². The second-order valence-electron chi connectivity index (χ2n) is 11.1. The zero-order valence-electron chi connectivity index (χ0n) is 19.8. The predicted octanol–water partition coefficient (Wildman–Crippen LogP) is 4.73. The topological polar surface area (TPSA) is 78.9 Å². The van der Waals surface area contributed by atoms with Crippen molar-refractivity contribution >= 4 is 41.1 Å². The maximum atomic E-state index is 12.7. The number of carbonyl (C=O) groups is 3. The molecule has 4 saturated carbocycles. The summed E-state index contributed by atoms with van der Waals surface area (Å²) in [5.41, 5.74) is -0.267. The molecule has 0 radical (unpaired) electrons. The molecule has 0 saturated heterocycles. The number of hydrogen-bond acceptors (Lipinski definition) is 6. The monoisotopic (exact) mass is 502 g/mol. The molecule has 33 heavy (non-hydrogen) atoms. The van der Waals surface area contributed by atoms with E-state index in [9.17, 15) is 14.4 Å². The summed E-state index contributed by atoms with van der Waals surface area (Å²) < 4.78 is 16.8. The lowest BCUT2D eigenvalue weighted by Crippen LogP contribution is -2.60. The van der Waals surface area contributed by atoms with Crippen LogP contribution in [0.2, 0.25) is 0 Å². The first-order valence-corrected chi connectivity index (χ1v) is 13.3. The van der Waals surface area contributed by atoms with Gasteiger partial charge in [-0.15, -0.1) is 23.2 Å².